The first-order chi connectivity index (χ1) is 16.7. The van der Waals surface area contributed by atoms with Crippen molar-refractivity contribution in [1.82, 2.24) is 14.7 Å². The highest BCUT2D eigenvalue weighted by Crippen LogP contribution is 2.25. The number of hydrogen-bond donors (Lipinski definition) is 2. The topological polar surface area (TPSA) is 96.3 Å². The molecular weight excluding hydrogens is 473 g/mol. The van der Waals surface area contributed by atoms with Gasteiger partial charge in [0.15, 0.2) is 0 Å². The van der Waals surface area contributed by atoms with Gasteiger partial charge in [-0.3, -0.25) is 14.4 Å². The zero-order valence-corrected chi connectivity index (χ0v) is 20.3. The third-order valence-corrected chi connectivity index (χ3v) is 5.39. The molecule has 0 saturated heterocycles. The van der Waals surface area contributed by atoms with E-state index >= 15 is 0 Å². The number of nitrogens with zero attached hydrogens (tertiary/aromatic N) is 3. The summed E-state index contributed by atoms with van der Waals surface area (Å²) in [5, 5.41) is 10.0. The first kappa shape index (κ1) is 25.6. The van der Waals surface area contributed by atoms with Crippen molar-refractivity contribution in [3.63, 3.8) is 0 Å². The molecule has 0 radical (unpaired) electrons. The van der Waals surface area contributed by atoms with E-state index in [0.29, 0.717) is 34.9 Å². The first-order valence-corrected chi connectivity index (χ1v) is 11.2. The lowest BCUT2D eigenvalue weighted by Crippen LogP contribution is -2.36. The average Bonchev–Trinajstić information content (AvgIpc) is 3.10. The maximum Gasteiger partial charge on any atom is 0.247 e. The van der Waals surface area contributed by atoms with Crippen molar-refractivity contribution in [3.8, 4) is 5.69 Å². The van der Waals surface area contributed by atoms with E-state index in [9.17, 15) is 18.8 Å². The van der Waals surface area contributed by atoms with Gasteiger partial charge in [-0.2, -0.15) is 5.10 Å². The number of aryl methyl sites for hydroxylation is 1. The van der Waals surface area contributed by atoms with Crippen LogP contribution in [0.5, 0.6) is 0 Å². The Hall–Kier alpha value is -3.98. The number of halogens is 2. The van der Waals surface area contributed by atoms with Crippen molar-refractivity contribution < 1.29 is 18.8 Å². The molecule has 0 fully saturated rings. The summed E-state index contributed by atoms with van der Waals surface area (Å²) in [7, 11) is 0. The van der Waals surface area contributed by atoms with E-state index in [4.69, 9.17) is 11.6 Å². The van der Waals surface area contributed by atoms with Gasteiger partial charge in [-0.15, -0.1) is 0 Å². The fourth-order valence-corrected chi connectivity index (χ4v) is 3.61. The standard InChI is InChI=1S/C25H25ClFN5O3/c1-4-31(15-23(34)29-20-9-7-19(8-10-20)28-17(3)33)24(35)14-13-22-16(2)30-32(25(22)26)21-11-5-18(27)6-12-21/h5-14H,4,15H2,1-3H3,(H,28,33)(H,29,34). The van der Waals surface area contributed by atoms with Gasteiger partial charge in [0.25, 0.3) is 0 Å². The molecule has 0 saturated carbocycles. The molecular formula is C25H25ClFN5O3. The zero-order chi connectivity index (χ0) is 25.5. The minimum absolute atomic E-state index is 0.144. The SMILES string of the molecule is CCN(CC(=O)Nc1ccc(NC(C)=O)cc1)C(=O)C=Cc1c(C)nn(-c2ccc(F)cc2)c1Cl. The Morgan fingerprint density at radius 3 is 2.23 bits per heavy atom. The van der Waals surface area contributed by atoms with E-state index in [1.54, 1.807) is 56.3 Å². The number of nitrogens with one attached hydrogen (secondary N) is 2. The molecule has 35 heavy (non-hydrogen) atoms. The fourth-order valence-electron chi connectivity index (χ4n) is 3.27. The number of aromatic nitrogens is 2. The van der Waals surface area contributed by atoms with Gasteiger partial charge < -0.3 is 15.5 Å². The quantitative estimate of drug-likeness (QED) is 0.450. The summed E-state index contributed by atoms with van der Waals surface area (Å²) in [6.45, 7) is 5.10. The molecule has 0 unspecified atom stereocenters. The number of benzene rings is 2. The van der Waals surface area contributed by atoms with Crippen LogP contribution in [-0.2, 0) is 14.4 Å². The van der Waals surface area contributed by atoms with Crippen LogP contribution in [0, 0.1) is 12.7 Å². The molecule has 0 atom stereocenters. The third kappa shape index (κ3) is 6.77. The van der Waals surface area contributed by atoms with Gasteiger partial charge in [0.05, 0.1) is 11.4 Å². The van der Waals surface area contributed by atoms with Crippen LogP contribution < -0.4 is 10.6 Å². The van der Waals surface area contributed by atoms with Crippen LogP contribution in [0.15, 0.2) is 54.6 Å². The monoisotopic (exact) mass is 497 g/mol. The summed E-state index contributed by atoms with van der Waals surface area (Å²) >= 11 is 6.46. The van der Waals surface area contributed by atoms with Crippen molar-refractivity contribution >= 4 is 46.8 Å². The van der Waals surface area contributed by atoms with Crippen LogP contribution in [0.2, 0.25) is 5.15 Å². The largest absolute Gasteiger partial charge is 0.330 e. The van der Waals surface area contributed by atoms with Crippen molar-refractivity contribution in [2.75, 3.05) is 23.7 Å². The van der Waals surface area contributed by atoms with E-state index in [0.717, 1.165) is 0 Å². The van der Waals surface area contributed by atoms with Gasteiger partial charge in [-0.25, -0.2) is 9.07 Å². The summed E-state index contributed by atoms with van der Waals surface area (Å²) in [6, 6.07) is 12.4. The highest BCUT2D eigenvalue weighted by Gasteiger charge is 2.16. The van der Waals surface area contributed by atoms with Crippen LogP contribution in [0.4, 0.5) is 15.8 Å². The highest BCUT2D eigenvalue weighted by molar-refractivity contribution is 6.31. The van der Waals surface area contributed by atoms with Crippen molar-refractivity contribution in [3.05, 3.63) is 76.8 Å². The van der Waals surface area contributed by atoms with Crippen molar-refractivity contribution in [2.45, 2.75) is 20.8 Å². The molecule has 0 aliphatic carbocycles. The van der Waals surface area contributed by atoms with Gasteiger partial charge in [0.1, 0.15) is 17.5 Å². The van der Waals surface area contributed by atoms with Gasteiger partial charge in [0.2, 0.25) is 17.7 Å². The number of likely N-dealkylation sites (N-methyl/N-ethyl adjacent to an activating group) is 1. The lowest BCUT2D eigenvalue weighted by molar-refractivity contribution is -0.130. The molecule has 0 aliphatic rings. The maximum absolute atomic E-state index is 13.2. The Morgan fingerprint density at radius 2 is 1.66 bits per heavy atom. The molecule has 8 nitrogen and oxygen atoms in total. The molecule has 0 spiro atoms. The first-order valence-electron chi connectivity index (χ1n) is 10.8. The molecule has 182 valence electrons. The Bertz CT molecular complexity index is 1250. The number of rotatable bonds is 8. The second-order valence-electron chi connectivity index (χ2n) is 7.67. The van der Waals surface area contributed by atoms with E-state index < -0.39 is 0 Å². The minimum Gasteiger partial charge on any atom is -0.330 e. The maximum atomic E-state index is 13.2. The molecule has 2 N–H and O–H groups in total. The van der Waals surface area contributed by atoms with Crippen molar-refractivity contribution in [2.24, 2.45) is 0 Å². The lowest BCUT2D eigenvalue weighted by Gasteiger charge is -2.18. The molecule has 0 aliphatic heterocycles. The molecule has 0 bridgehead atoms. The molecule has 3 aromatic rings. The van der Waals surface area contributed by atoms with Crippen molar-refractivity contribution in [1.29, 1.82) is 0 Å². The average molecular weight is 498 g/mol. The molecule has 3 rings (SSSR count). The molecule has 1 aromatic heterocycles. The van der Waals surface area contributed by atoms with Crippen LogP contribution >= 0.6 is 11.6 Å². The molecule has 10 heteroatoms. The summed E-state index contributed by atoms with van der Waals surface area (Å²) < 4.78 is 14.7. The van der Waals surface area contributed by atoms with Crippen LogP contribution in [-0.4, -0.2) is 45.5 Å². The Labute approximate surface area is 207 Å². The fraction of sp³-hybridized carbons (Fsp3) is 0.200. The van der Waals surface area contributed by atoms with Crippen LogP contribution in [0.1, 0.15) is 25.1 Å². The summed E-state index contributed by atoms with van der Waals surface area (Å²) in [6.07, 6.45) is 2.89. The van der Waals surface area contributed by atoms with E-state index in [2.05, 4.69) is 15.7 Å². The van der Waals surface area contributed by atoms with Gasteiger partial charge >= 0.3 is 0 Å². The molecule has 2 aromatic carbocycles. The third-order valence-electron chi connectivity index (χ3n) is 5.03. The predicted molar refractivity (Wildman–Crippen MR) is 134 cm³/mol. The number of anilines is 2. The van der Waals surface area contributed by atoms with Crippen LogP contribution in [0.25, 0.3) is 11.8 Å². The second kappa shape index (κ2) is 11.4. The van der Waals surface area contributed by atoms with Crippen LogP contribution in [0.3, 0.4) is 0 Å². The highest BCUT2D eigenvalue weighted by atomic mass is 35.5. The normalized spacial score (nSPS) is 10.9. The number of hydrogen-bond acceptors (Lipinski definition) is 4. The van der Waals surface area contributed by atoms with Gasteiger partial charge in [-0.05, 0) is 68.5 Å². The number of carbonyl (C=O) groups excluding carboxylic acids is 3. The van der Waals surface area contributed by atoms with E-state index in [1.807, 2.05) is 0 Å². The summed E-state index contributed by atoms with van der Waals surface area (Å²) in [5.74, 6) is -1.29. The Kier molecular flexibility index (Phi) is 8.38. The summed E-state index contributed by atoms with van der Waals surface area (Å²) in [5.41, 5.74) is 2.87. The summed E-state index contributed by atoms with van der Waals surface area (Å²) in [4.78, 5) is 37.7. The van der Waals surface area contributed by atoms with Gasteiger partial charge in [0, 0.05) is 36.5 Å². The van der Waals surface area contributed by atoms with E-state index in [1.165, 1.54) is 34.7 Å². The number of carbonyl (C=O) groups is 3. The minimum atomic E-state index is -0.370. The smallest absolute Gasteiger partial charge is 0.247 e. The molecule has 1 heterocycles. The Morgan fingerprint density at radius 1 is 1.06 bits per heavy atom. The van der Waals surface area contributed by atoms with E-state index in [-0.39, 0.29) is 35.2 Å². The van der Waals surface area contributed by atoms with Gasteiger partial charge in [-0.1, -0.05) is 11.6 Å². The number of amides is 3. The lowest BCUT2D eigenvalue weighted by atomic mass is 10.2. The zero-order valence-electron chi connectivity index (χ0n) is 19.5. The Balaban J connectivity index is 1.65. The second-order valence-corrected chi connectivity index (χ2v) is 8.03. The molecule has 3 amide bonds. The predicted octanol–water partition coefficient (Wildman–Crippen LogP) is 4.43.